The van der Waals surface area contributed by atoms with Crippen LogP contribution in [-0.2, 0) is 14.3 Å². The summed E-state index contributed by atoms with van der Waals surface area (Å²) in [5.41, 5.74) is 5.77. The molecule has 4 atom stereocenters. The van der Waals surface area contributed by atoms with Crippen LogP contribution in [0.25, 0.3) is 0 Å². The van der Waals surface area contributed by atoms with Crippen LogP contribution in [0, 0.1) is 11.0 Å². The van der Waals surface area contributed by atoms with Crippen LogP contribution in [0.3, 0.4) is 0 Å². The molecule has 6 rings (SSSR count). The number of halogens is 1. The van der Waals surface area contributed by atoms with Gasteiger partial charge in [0.15, 0.2) is 0 Å². The van der Waals surface area contributed by atoms with E-state index in [0.717, 1.165) is 41.2 Å². The lowest BCUT2D eigenvalue weighted by atomic mass is 10.0. The average Bonchev–Trinajstić information content (AvgIpc) is 3.88. The summed E-state index contributed by atoms with van der Waals surface area (Å²) < 4.78 is 25.1. The first-order chi connectivity index (χ1) is 25.6. The molecule has 0 radical (unpaired) electrons. The third-order valence-electron chi connectivity index (χ3n) is 9.91. The molecule has 0 spiro atoms. The minimum atomic E-state index is -0.682. The van der Waals surface area contributed by atoms with Gasteiger partial charge in [0.05, 0.1) is 18.2 Å². The van der Waals surface area contributed by atoms with Gasteiger partial charge < -0.3 is 30.3 Å². The van der Waals surface area contributed by atoms with E-state index in [4.69, 9.17) is 9.47 Å². The van der Waals surface area contributed by atoms with Crippen LogP contribution < -0.4 is 15.6 Å². The Labute approximate surface area is 317 Å². The zero-order valence-electron chi connectivity index (χ0n) is 32.0. The molecule has 13 heteroatoms. The predicted molar refractivity (Wildman–Crippen MR) is 206 cm³/mol. The van der Waals surface area contributed by atoms with Crippen molar-refractivity contribution in [3.8, 4) is 0 Å². The van der Waals surface area contributed by atoms with Crippen molar-refractivity contribution in [2.24, 2.45) is 0 Å². The largest absolute Gasteiger partial charge is 0.766 e. The first kappa shape index (κ1) is 38.8. The minimum absolute atomic E-state index is 0.0288. The fraction of sp³-hybridized carbons (Fsp3) is 0.488. The van der Waals surface area contributed by atoms with E-state index in [2.05, 4.69) is 15.6 Å². The molecule has 2 N–H and O–H groups in total. The van der Waals surface area contributed by atoms with Crippen LogP contribution in [0.1, 0.15) is 103 Å². The monoisotopic (exact) mass is 743 g/mol. The highest BCUT2D eigenvalue weighted by Gasteiger charge is 2.38. The predicted octanol–water partition coefficient (Wildman–Crippen LogP) is 8.73. The van der Waals surface area contributed by atoms with Crippen molar-refractivity contribution in [1.82, 2.24) is 15.0 Å². The number of benzene rings is 3. The first-order valence-electron chi connectivity index (χ1n) is 18.8. The molecule has 3 aliphatic rings. The van der Waals surface area contributed by atoms with Gasteiger partial charge in [0.2, 0.25) is 5.91 Å². The number of hydrogen-bond acceptors (Lipinski definition) is 9. The lowest BCUT2D eigenvalue weighted by Crippen LogP contribution is -2.48. The Morgan fingerprint density at radius 2 is 1.20 bits per heavy atom. The van der Waals surface area contributed by atoms with Gasteiger partial charge >= 0.3 is 12.2 Å². The van der Waals surface area contributed by atoms with Gasteiger partial charge in [0.1, 0.15) is 23.1 Å². The van der Waals surface area contributed by atoms with Gasteiger partial charge in [0, 0.05) is 30.2 Å². The summed E-state index contributed by atoms with van der Waals surface area (Å²) in [5.74, 6) is -0.564. The van der Waals surface area contributed by atoms with E-state index < -0.39 is 35.6 Å². The summed E-state index contributed by atoms with van der Waals surface area (Å²) in [7, 11) is 0. The van der Waals surface area contributed by atoms with E-state index in [1.165, 1.54) is 21.9 Å². The molecule has 3 saturated heterocycles. The van der Waals surface area contributed by atoms with Crippen molar-refractivity contribution >= 4 is 35.2 Å². The third kappa shape index (κ3) is 9.25. The molecule has 0 aliphatic carbocycles. The van der Waals surface area contributed by atoms with Crippen LogP contribution in [0.15, 0.2) is 72.8 Å². The number of rotatable bonds is 8. The zero-order chi connectivity index (χ0) is 38.8. The number of nitrogens with zero attached hydrogens (tertiary/aromatic N) is 4. The second kappa shape index (κ2) is 15.8. The lowest BCUT2D eigenvalue weighted by molar-refractivity contribution is -0.120. The van der Waals surface area contributed by atoms with Gasteiger partial charge in [-0.1, -0.05) is 24.3 Å². The van der Waals surface area contributed by atoms with Gasteiger partial charge in [-0.15, -0.1) is 0 Å². The highest BCUT2D eigenvalue weighted by Crippen LogP contribution is 2.47. The van der Waals surface area contributed by atoms with Crippen LogP contribution >= 0.6 is 0 Å². The maximum Gasteiger partial charge on any atom is 0.411 e. The van der Waals surface area contributed by atoms with E-state index in [0.29, 0.717) is 43.7 Å². The van der Waals surface area contributed by atoms with Gasteiger partial charge in [-0.25, -0.2) is 14.0 Å². The van der Waals surface area contributed by atoms with E-state index in [9.17, 15) is 24.0 Å². The molecule has 3 aliphatic heterocycles. The Morgan fingerprint density at radius 3 is 1.76 bits per heavy atom. The first-order valence-corrected chi connectivity index (χ1v) is 18.8. The van der Waals surface area contributed by atoms with Crippen molar-refractivity contribution in [2.45, 2.75) is 116 Å². The summed E-state index contributed by atoms with van der Waals surface area (Å²) in [4.78, 5) is 44.1. The number of nitrogens with one attached hydrogen (secondary N) is 2. The van der Waals surface area contributed by atoms with Gasteiger partial charge in [-0.05, 0) is 140 Å². The van der Waals surface area contributed by atoms with Crippen molar-refractivity contribution in [3.63, 3.8) is 0 Å². The van der Waals surface area contributed by atoms with E-state index in [-0.39, 0.29) is 23.8 Å². The van der Waals surface area contributed by atoms with Crippen molar-refractivity contribution < 1.29 is 28.2 Å². The standard InChI is InChI=1S/C41H52FN6O6/c1-40(2,3)53-38(50)45-25-7-9-35(45)37(49)43-30-17-11-27(12-18-30)33-23-24-34(47(33)32-21-15-29(42)16-22-32)28-13-19-31(20-14-28)44-48(52)36-10-8-26-46(36)39(51)54-41(4,5)6/h11-22,33-36,44H,7-10,23-26H2,1-6H3,(H,43,49)/q-1/t33?,34?,35-,36+/m0/s1. The van der Waals surface area contributed by atoms with E-state index in [1.807, 2.05) is 48.5 Å². The summed E-state index contributed by atoms with van der Waals surface area (Å²) in [6.07, 6.45) is 2.52. The molecule has 3 amide bonds. The molecule has 3 fully saturated rings. The smallest absolute Gasteiger partial charge is 0.411 e. The number of anilines is 3. The van der Waals surface area contributed by atoms with Crippen LogP contribution in [0.5, 0.6) is 0 Å². The minimum Gasteiger partial charge on any atom is -0.766 e. The second-order valence-electron chi connectivity index (χ2n) is 16.3. The molecule has 290 valence electrons. The van der Waals surface area contributed by atoms with E-state index >= 15 is 0 Å². The number of amides is 3. The van der Waals surface area contributed by atoms with Gasteiger partial charge in [0.25, 0.3) is 0 Å². The van der Waals surface area contributed by atoms with E-state index in [1.54, 1.807) is 53.7 Å². The number of carbonyl (C=O) groups is 3. The number of hydroxylamine groups is 1. The maximum absolute atomic E-state index is 14.1. The molecule has 12 nitrogen and oxygen atoms in total. The molecule has 3 aromatic rings. The quantitative estimate of drug-likeness (QED) is 0.218. The number of likely N-dealkylation sites (tertiary alicyclic amines) is 2. The Balaban J connectivity index is 1.14. The Bertz CT molecular complexity index is 1780. The molecular formula is C41H52FN6O6-. The van der Waals surface area contributed by atoms with Crippen LogP contribution in [0.2, 0.25) is 0 Å². The summed E-state index contributed by atoms with van der Waals surface area (Å²) in [5, 5.41) is 16.9. The molecule has 54 heavy (non-hydrogen) atoms. The number of ether oxygens (including phenoxy) is 2. The number of hydrogen-bond donors (Lipinski definition) is 2. The van der Waals surface area contributed by atoms with Crippen molar-refractivity contribution in [3.05, 3.63) is 94.9 Å². The molecule has 2 unspecified atom stereocenters. The number of hydrazine groups is 1. The Hall–Kier alpha value is -4.88. The third-order valence-corrected chi connectivity index (χ3v) is 9.91. The van der Waals surface area contributed by atoms with Gasteiger partial charge in [-0.2, -0.15) is 0 Å². The molecule has 0 bridgehead atoms. The molecule has 0 saturated carbocycles. The van der Waals surface area contributed by atoms with Crippen LogP contribution in [0.4, 0.5) is 31.0 Å². The molecule has 3 aromatic carbocycles. The Kier molecular flexibility index (Phi) is 11.4. The van der Waals surface area contributed by atoms with Gasteiger partial charge in [-0.3, -0.25) is 19.8 Å². The average molecular weight is 744 g/mol. The van der Waals surface area contributed by atoms with Crippen molar-refractivity contribution in [1.29, 1.82) is 0 Å². The number of carbonyl (C=O) groups excluding carboxylic acids is 3. The normalized spacial score (nSPS) is 21.8. The zero-order valence-corrected chi connectivity index (χ0v) is 32.0. The topological polar surface area (TPSA) is 130 Å². The second-order valence-corrected chi connectivity index (χ2v) is 16.3. The SMILES string of the molecule is CC(C)(C)OC(=O)N1CCC[C@H]1C(=O)Nc1ccc(C2CCC(c3ccc(NN([O-])[C@@H]4CCCN4C(=O)OC(C)(C)C)cc3)N2c2ccc(F)cc2)cc1. The van der Waals surface area contributed by atoms with Crippen molar-refractivity contribution in [2.75, 3.05) is 28.7 Å². The lowest BCUT2D eigenvalue weighted by Gasteiger charge is -2.40. The molecule has 3 heterocycles. The van der Waals surface area contributed by atoms with Crippen LogP contribution in [-0.4, -0.2) is 69.6 Å². The molecule has 0 aromatic heterocycles. The fourth-order valence-corrected chi connectivity index (χ4v) is 7.54. The Morgan fingerprint density at radius 1 is 0.704 bits per heavy atom. The molecular weight excluding hydrogens is 691 g/mol. The summed E-state index contributed by atoms with van der Waals surface area (Å²) in [6, 6.07) is 21.3. The highest BCUT2D eigenvalue weighted by molar-refractivity contribution is 5.97. The fourth-order valence-electron chi connectivity index (χ4n) is 7.54. The maximum atomic E-state index is 14.1. The summed E-state index contributed by atoms with van der Waals surface area (Å²) >= 11 is 0. The highest BCUT2D eigenvalue weighted by atomic mass is 19.1. The summed E-state index contributed by atoms with van der Waals surface area (Å²) in [6.45, 7) is 11.7.